The van der Waals surface area contributed by atoms with Crippen molar-refractivity contribution in [2.24, 2.45) is 0 Å². The largest absolute Gasteiger partial charge is 0.496 e. The van der Waals surface area contributed by atoms with Crippen molar-refractivity contribution in [2.75, 3.05) is 7.11 Å². The summed E-state index contributed by atoms with van der Waals surface area (Å²) in [6.45, 7) is -0.132. The van der Waals surface area contributed by atoms with Gasteiger partial charge in [-0.3, -0.25) is 0 Å². The smallest absolute Gasteiger partial charge is 0.242 e. The van der Waals surface area contributed by atoms with Crippen LogP contribution in [0.25, 0.3) is 11.4 Å². The molecule has 3 rings (SSSR count). The molecule has 0 aliphatic rings. The Morgan fingerprint density at radius 3 is 2.60 bits per heavy atom. The maximum Gasteiger partial charge on any atom is 0.242 e. The summed E-state index contributed by atoms with van der Waals surface area (Å²) in [5.74, 6) is 1.05. The number of benzene rings is 2. The minimum Gasteiger partial charge on any atom is -0.496 e. The van der Waals surface area contributed by atoms with Gasteiger partial charge in [0, 0.05) is 5.02 Å². The van der Waals surface area contributed by atoms with E-state index in [1.807, 2.05) is 12.1 Å². The van der Waals surface area contributed by atoms with Gasteiger partial charge in [-0.1, -0.05) is 28.9 Å². The van der Waals surface area contributed by atoms with Crippen LogP contribution in [-0.4, -0.2) is 25.7 Å². The van der Waals surface area contributed by atoms with Crippen molar-refractivity contribution in [2.45, 2.75) is 11.4 Å². The highest BCUT2D eigenvalue weighted by Gasteiger charge is 2.17. The second kappa shape index (κ2) is 7.22. The van der Waals surface area contributed by atoms with Crippen LogP contribution in [0.3, 0.4) is 0 Å². The van der Waals surface area contributed by atoms with E-state index in [2.05, 4.69) is 14.9 Å². The summed E-state index contributed by atoms with van der Waals surface area (Å²) >= 11 is 5.76. The molecule has 0 radical (unpaired) electrons. The molecule has 1 aromatic heterocycles. The number of aromatic nitrogens is 2. The molecule has 0 aliphatic carbocycles. The van der Waals surface area contributed by atoms with Gasteiger partial charge < -0.3 is 9.26 Å². The molecule has 0 atom stereocenters. The fourth-order valence-electron chi connectivity index (χ4n) is 2.12. The molecule has 1 heterocycles. The summed E-state index contributed by atoms with van der Waals surface area (Å²) in [5.41, 5.74) is 0.653. The monoisotopic (exact) mass is 379 g/mol. The van der Waals surface area contributed by atoms with Gasteiger partial charge in [0.05, 0.1) is 24.1 Å². The first-order valence-electron chi connectivity index (χ1n) is 7.21. The molecule has 0 spiro atoms. The van der Waals surface area contributed by atoms with Crippen molar-refractivity contribution in [3.63, 3.8) is 0 Å². The van der Waals surface area contributed by atoms with Gasteiger partial charge in [0.15, 0.2) is 0 Å². The molecule has 0 amide bonds. The van der Waals surface area contributed by atoms with Crippen LogP contribution < -0.4 is 9.46 Å². The van der Waals surface area contributed by atoms with Crippen LogP contribution in [0.5, 0.6) is 5.75 Å². The SMILES string of the molecule is COc1ccccc1-c1noc(CNS(=O)(=O)c2ccc(Cl)cc2)n1. The number of para-hydroxylation sites is 1. The van der Waals surface area contributed by atoms with Crippen LogP contribution in [0.4, 0.5) is 0 Å². The van der Waals surface area contributed by atoms with E-state index in [9.17, 15) is 8.42 Å². The van der Waals surface area contributed by atoms with Crippen molar-refractivity contribution >= 4 is 21.6 Å². The molecule has 130 valence electrons. The number of halogens is 1. The van der Waals surface area contributed by atoms with Gasteiger partial charge in [-0.05, 0) is 36.4 Å². The zero-order valence-corrected chi connectivity index (χ0v) is 14.7. The van der Waals surface area contributed by atoms with Gasteiger partial charge in [0.1, 0.15) is 5.75 Å². The lowest BCUT2D eigenvalue weighted by atomic mass is 10.2. The third kappa shape index (κ3) is 3.98. The van der Waals surface area contributed by atoms with E-state index >= 15 is 0 Å². The molecule has 9 heteroatoms. The van der Waals surface area contributed by atoms with Gasteiger partial charge in [0.25, 0.3) is 0 Å². The van der Waals surface area contributed by atoms with Gasteiger partial charge in [-0.25, -0.2) is 13.1 Å². The number of sulfonamides is 1. The number of hydrogen-bond donors (Lipinski definition) is 1. The molecule has 7 nitrogen and oxygen atoms in total. The Labute approximate surface area is 149 Å². The Morgan fingerprint density at radius 1 is 1.16 bits per heavy atom. The van der Waals surface area contributed by atoms with E-state index in [0.29, 0.717) is 22.2 Å². The maximum absolute atomic E-state index is 12.2. The second-order valence-electron chi connectivity index (χ2n) is 4.99. The Hall–Kier alpha value is -2.42. The molecule has 0 unspecified atom stereocenters. The lowest BCUT2D eigenvalue weighted by Gasteiger charge is -2.04. The third-order valence-corrected chi connectivity index (χ3v) is 5.02. The predicted octanol–water partition coefficient (Wildman–Crippen LogP) is 2.88. The van der Waals surface area contributed by atoms with E-state index in [4.69, 9.17) is 20.9 Å². The van der Waals surface area contributed by atoms with E-state index in [1.54, 1.807) is 19.2 Å². The van der Waals surface area contributed by atoms with Crippen LogP contribution in [0.2, 0.25) is 5.02 Å². The highest BCUT2D eigenvalue weighted by Crippen LogP contribution is 2.27. The normalized spacial score (nSPS) is 11.4. The van der Waals surface area contributed by atoms with E-state index in [1.165, 1.54) is 24.3 Å². The number of hydrogen-bond acceptors (Lipinski definition) is 6. The highest BCUT2D eigenvalue weighted by molar-refractivity contribution is 7.89. The van der Waals surface area contributed by atoms with Gasteiger partial charge in [0.2, 0.25) is 21.7 Å². The standard InChI is InChI=1S/C16H14ClN3O4S/c1-23-14-5-3-2-4-13(14)16-19-15(24-20-16)10-18-25(21,22)12-8-6-11(17)7-9-12/h2-9,18H,10H2,1H3. The second-order valence-corrected chi connectivity index (χ2v) is 7.19. The average Bonchev–Trinajstić information content (AvgIpc) is 3.09. The molecular formula is C16H14ClN3O4S. The molecule has 3 aromatic rings. The minimum absolute atomic E-state index is 0.0985. The van der Waals surface area contributed by atoms with Crippen molar-refractivity contribution in [1.82, 2.24) is 14.9 Å². The van der Waals surface area contributed by atoms with E-state index in [-0.39, 0.29) is 17.3 Å². The fourth-order valence-corrected chi connectivity index (χ4v) is 3.22. The first-order chi connectivity index (χ1) is 12.0. The highest BCUT2D eigenvalue weighted by atomic mass is 35.5. The van der Waals surface area contributed by atoms with Crippen LogP contribution >= 0.6 is 11.6 Å². The molecular weight excluding hydrogens is 366 g/mol. The summed E-state index contributed by atoms with van der Waals surface area (Å²) < 4.78 is 37.2. The number of nitrogens with zero attached hydrogens (tertiary/aromatic N) is 2. The summed E-state index contributed by atoms with van der Waals surface area (Å²) in [5, 5.41) is 4.32. The van der Waals surface area contributed by atoms with Crippen molar-refractivity contribution in [3.05, 3.63) is 59.4 Å². The number of rotatable bonds is 6. The number of nitrogens with one attached hydrogen (secondary N) is 1. The molecule has 2 aromatic carbocycles. The fraction of sp³-hybridized carbons (Fsp3) is 0.125. The minimum atomic E-state index is -3.70. The van der Waals surface area contributed by atoms with Gasteiger partial charge in [-0.15, -0.1) is 0 Å². The number of methoxy groups -OCH3 is 1. The summed E-state index contributed by atoms with van der Waals surface area (Å²) in [6.07, 6.45) is 0. The van der Waals surface area contributed by atoms with Gasteiger partial charge in [-0.2, -0.15) is 4.98 Å². The van der Waals surface area contributed by atoms with E-state index in [0.717, 1.165) is 0 Å². The first-order valence-corrected chi connectivity index (χ1v) is 9.07. The van der Waals surface area contributed by atoms with Crippen molar-refractivity contribution in [3.8, 4) is 17.1 Å². The molecule has 0 saturated carbocycles. The Balaban J connectivity index is 1.75. The van der Waals surface area contributed by atoms with Crippen LogP contribution in [0.1, 0.15) is 5.89 Å². The van der Waals surface area contributed by atoms with Crippen LogP contribution in [-0.2, 0) is 16.6 Å². The average molecular weight is 380 g/mol. The van der Waals surface area contributed by atoms with E-state index < -0.39 is 10.0 Å². The molecule has 0 aliphatic heterocycles. The lowest BCUT2D eigenvalue weighted by molar-refractivity contribution is 0.375. The Kier molecular flexibility index (Phi) is 5.03. The summed E-state index contributed by atoms with van der Waals surface area (Å²) in [6, 6.07) is 13.0. The molecule has 0 saturated heterocycles. The Bertz CT molecular complexity index is 971. The molecule has 0 fully saturated rings. The van der Waals surface area contributed by atoms with Crippen LogP contribution in [0.15, 0.2) is 57.9 Å². The zero-order chi connectivity index (χ0) is 17.9. The number of ether oxygens (including phenoxy) is 1. The zero-order valence-electron chi connectivity index (χ0n) is 13.1. The summed E-state index contributed by atoms with van der Waals surface area (Å²) in [7, 11) is -2.16. The maximum atomic E-state index is 12.2. The first kappa shape index (κ1) is 17.4. The molecule has 0 bridgehead atoms. The molecule has 25 heavy (non-hydrogen) atoms. The van der Waals surface area contributed by atoms with Crippen LogP contribution in [0, 0.1) is 0 Å². The van der Waals surface area contributed by atoms with Crippen molar-refractivity contribution in [1.29, 1.82) is 0 Å². The topological polar surface area (TPSA) is 94.3 Å². The van der Waals surface area contributed by atoms with Gasteiger partial charge >= 0.3 is 0 Å². The molecule has 1 N–H and O–H groups in total. The predicted molar refractivity (Wildman–Crippen MR) is 91.8 cm³/mol. The van der Waals surface area contributed by atoms with Crippen molar-refractivity contribution < 1.29 is 17.7 Å². The quantitative estimate of drug-likeness (QED) is 0.707. The Morgan fingerprint density at radius 2 is 1.88 bits per heavy atom. The lowest BCUT2D eigenvalue weighted by Crippen LogP contribution is -2.23. The third-order valence-electron chi connectivity index (χ3n) is 3.35. The summed E-state index contributed by atoms with van der Waals surface area (Å²) in [4.78, 5) is 4.29.